The molecular formula is C16H15ClN4OS. The number of thiocarbonyl (C=S) groups is 1. The second kappa shape index (κ2) is 6.93. The minimum atomic E-state index is -0.111. The number of nitrogens with zero attached hydrogens (tertiary/aromatic N) is 3. The van der Waals surface area contributed by atoms with Crippen molar-refractivity contribution in [3.63, 3.8) is 0 Å². The summed E-state index contributed by atoms with van der Waals surface area (Å²) < 4.78 is 1.97. The number of hydrogen-bond donors (Lipinski definition) is 1. The standard InChI is InChI=1S/C16H15ClN4OS/c17-13-4-1-3-12(9-13)10-14-15(22)21(16(23)19-14)7-2-6-20-8-5-18-11-20/h1,3-5,8-11H,2,6-7H2,(H,19,23)/b14-10+. The lowest BCUT2D eigenvalue weighted by atomic mass is 10.2. The Morgan fingerprint density at radius 2 is 2.22 bits per heavy atom. The number of nitrogens with one attached hydrogen (secondary N) is 1. The second-order valence-electron chi connectivity index (χ2n) is 5.15. The smallest absolute Gasteiger partial charge is 0.276 e. The molecule has 0 unspecified atom stereocenters. The van der Waals surface area contributed by atoms with Crippen molar-refractivity contribution < 1.29 is 4.79 Å². The number of aromatic nitrogens is 2. The Hall–Kier alpha value is -2.18. The van der Waals surface area contributed by atoms with Crippen LogP contribution in [0.3, 0.4) is 0 Å². The first-order chi connectivity index (χ1) is 11.1. The summed E-state index contributed by atoms with van der Waals surface area (Å²) >= 11 is 11.2. The van der Waals surface area contributed by atoms with Gasteiger partial charge in [0.25, 0.3) is 5.91 Å². The molecule has 1 aliphatic rings. The first-order valence-electron chi connectivity index (χ1n) is 7.19. The molecule has 1 saturated heterocycles. The van der Waals surface area contributed by atoms with Crippen LogP contribution >= 0.6 is 23.8 Å². The zero-order chi connectivity index (χ0) is 16.2. The molecule has 3 rings (SSSR count). The quantitative estimate of drug-likeness (QED) is 0.668. The van der Waals surface area contributed by atoms with E-state index in [-0.39, 0.29) is 5.91 Å². The number of imidazole rings is 1. The summed E-state index contributed by atoms with van der Waals surface area (Å²) in [6.45, 7) is 1.36. The molecule has 0 saturated carbocycles. The third kappa shape index (κ3) is 3.78. The molecule has 23 heavy (non-hydrogen) atoms. The van der Waals surface area contributed by atoms with Gasteiger partial charge in [0.2, 0.25) is 0 Å². The lowest BCUT2D eigenvalue weighted by Gasteiger charge is -2.13. The van der Waals surface area contributed by atoms with Crippen LogP contribution in [0.4, 0.5) is 0 Å². The molecule has 1 amide bonds. The summed E-state index contributed by atoms with van der Waals surface area (Å²) in [5.41, 5.74) is 1.33. The van der Waals surface area contributed by atoms with E-state index in [1.165, 1.54) is 0 Å². The average Bonchev–Trinajstić information content (AvgIpc) is 3.11. The number of carbonyl (C=O) groups is 1. The van der Waals surface area contributed by atoms with E-state index in [2.05, 4.69) is 10.3 Å². The number of aryl methyl sites for hydroxylation is 1. The Kier molecular flexibility index (Phi) is 4.73. The van der Waals surface area contributed by atoms with Crippen molar-refractivity contribution in [2.24, 2.45) is 0 Å². The third-order valence-electron chi connectivity index (χ3n) is 3.48. The Morgan fingerprint density at radius 1 is 1.35 bits per heavy atom. The van der Waals surface area contributed by atoms with Crippen LogP contribution in [0.2, 0.25) is 5.02 Å². The lowest BCUT2D eigenvalue weighted by molar-refractivity contribution is -0.122. The van der Waals surface area contributed by atoms with E-state index in [0.717, 1.165) is 18.5 Å². The minimum absolute atomic E-state index is 0.111. The van der Waals surface area contributed by atoms with Gasteiger partial charge in [-0.2, -0.15) is 0 Å². The van der Waals surface area contributed by atoms with Crippen LogP contribution in [0.15, 0.2) is 48.7 Å². The molecule has 2 heterocycles. The van der Waals surface area contributed by atoms with Gasteiger partial charge in [-0.25, -0.2) is 4.98 Å². The molecule has 1 aromatic heterocycles. The van der Waals surface area contributed by atoms with Crippen LogP contribution in [0, 0.1) is 0 Å². The van der Waals surface area contributed by atoms with Crippen molar-refractivity contribution in [1.82, 2.24) is 19.8 Å². The van der Waals surface area contributed by atoms with Crippen LogP contribution < -0.4 is 5.32 Å². The van der Waals surface area contributed by atoms with Gasteiger partial charge in [-0.15, -0.1) is 0 Å². The van der Waals surface area contributed by atoms with E-state index in [0.29, 0.717) is 22.4 Å². The Balaban J connectivity index is 1.65. The summed E-state index contributed by atoms with van der Waals surface area (Å²) in [4.78, 5) is 18.0. The molecule has 0 bridgehead atoms. The predicted octanol–water partition coefficient (Wildman–Crippen LogP) is 2.68. The van der Waals surface area contributed by atoms with Crippen LogP contribution in [-0.2, 0) is 11.3 Å². The normalized spacial score (nSPS) is 16.2. The van der Waals surface area contributed by atoms with Gasteiger partial charge in [0, 0.05) is 30.5 Å². The van der Waals surface area contributed by atoms with Crippen molar-refractivity contribution in [2.45, 2.75) is 13.0 Å². The van der Waals surface area contributed by atoms with Gasteiger partial charge in [-0.05, 0) is 42.4 Å². The van der Waals surface area contributed by atoms with E-state index in [9.17, 15) is 4.79 Å². The summed E-state index contributed by atoms with van der Waals surface area (Å²) in [5.74, 6) is -0.111. The largest absolute Gasteiger partial charge is 0.337 e. The Morgan fingerprint density at radius 3 is 2.96 bits per heavy atom. The molecule has 0 spiro atoms. The fourth-order valence-corrected chi connectivity index (χ4v) is 2.85. The van der Waals surface area contributed by atoms with Gasteiger partial charge in [0.1, 0.15) is 5.70 Å². The minimum Gasteiger partial charge on any atom is -0.337 e. The van der Waals surface area contributed by atoms with Crippen LogP contribution in [0.5, 0.6) is 0 Å². The fraction of sp³-hybridized carbons (Fsp3) is 0.188. The third-order valence-corrected chi connectivity index (χ3v) is 4.04. The molecule has 5 nitrogen and oxygen atoms in total. The molecule has 1 aliphatic heterocycles. The molecular weight excluding hydrogens is 332 g/mol. The number of halogens is 1. The highest BCUT2D eigenvalue weighted by molar-refractivity contribution is 7.80. The first kappa shape index (κ1) is 15.7. The summed E-state index contributed by atoms with van der Waals surface area (Å²) in [5, 5.41) is 4.04. The maximum absolute atomic E-state index is 12.5. The summed E-state index contributed by atoms with van der Waals surface area (Å²) in [6.07, 6.45) is 7.95. The number of benzene rings is 1. The zero-order valence-corrected chi connectivity index (χ0v) is 13.8. The Labute approximate surface area is 144 Å². The van der Waals surface area contributed by atoms with Crippen molar-refractivity contribution >= 4 is 40.9 Å². The molecule has 1 N–H and O–H groups in total. The molecule has 0 aliphatic carbocycles. The van der Waals surface area contributed by atoms with E-state index < -0.39 is 0 Å². The van der Waals surface area contributed by atoms with Gasteiger partial charge in [-0.3, -0.25) is 9.69 Å². The second-order valence-corrected chi connectivity index (χ2v) is 5.98. The fourth-order valence-electron chi connectivity index (χ4n) is 2.37. The van der Waals surface area contributed by atoms with E-state index in [1.54, 1.807) is 35.6 Å². The maximum Gasteiger partial charge on any atom is 0.276 e. The highest BCUT2D eigenvalue weighted by Crippen LogP contribution is 2.17. The van der Waals surface area contributed by atoms with Gasteiger partial charge < -0.3 is 9.88 Å². The summed E-state index contributed by atoms with van der Waals surface area (Å²) in [6, 6.07) is 7.32. The Bertz CT molecular complexity index is 757. The predicted molar refractivity (Wildman–Crippen MR) is 93.7 cm³/mol. The molecule has 1 fully saturated rings. The van der Waals surface area contributed by atoms with E-state index in [1.807, 2.05) is 22.9 Å². The number of carbonyl (C=O) groups excluding carboxylic acids is 1. The van der Waals surface area contributed by atoms with Gasteiger partial charge >= 0.3 is 0 Å². The molecule has 2 aromatic rings. The zero-order valence-electron chi connectivity index (χ0n) is 12.3. The monoisotopic (exact) mass is 346 g/mol. The van der Waals surface area contributed by atoms with E-state index in [4.69, 9.17) is 23.8 Å². The lowest BCUT2D eigenvalue weighted by Crippen LogP contribution is -2.32. The summed E-state index contributed by atoms with van der Waals surface area (Å²) in [7, 11) is 0. The maximum atomic E-state index is 12.5. The van der Waals surface area contributed by atoms with Gasteiger partial charge in [0.05, 0.1) is 6.33 Å². The molecule has 7 heteroatoms. The van der Waals surface area contributed by atoms with Crippen molar-refractivity contribution in [1.29, 1.82) is 0 Å². The highest BCUT2D eigenvalue weighted by Gasteiger charge is 2.29. The molecule has 0 atom stereocenters. The van der Waals surface area contributed by atoms with Crippen LogP contribution in [0.25, 0.3) is 6.08 Å². The van der Waals surface area contributed by atoms with Crippen molar-refractivity contribution in [3.8, 4) is 0 Å². The van der Waals surface area contributed by atoms with Gasteiger partial charge in [0.15, 0.2) is 5.11 Å². The van der Waals surface area contributed by atoms with E-state index >= 15 is 0 Å². The van der Waals surface area contributed by atoms with Crippen LogP contribution in [-0.4, -0.2) is 32.0 Å². The number of rotatable bonds is 5. The topological polar surface area (TPSA) is 50.2 Å². The molecule has 118 valence electrons. The molecule has 0 radical (unpaired) electrons. The SMILES string of the molecule is O=C1/C(=C\c2cccc(Cl)c2)NC(=S)N1CCCn1ccnc1. The average molecular weight is 347 g/mol. The van der Waals surface area contributed by atoms with Crippen molar-refractivity contribution in [2.75, 3.05) is 6.54 Å². The number of amides is 1. The number of hydrogen-bond acceptors (Lipinski definition) is 3. The van der Waals surface area contributed by atoms with Gasteiger partial charge in [-0.1, -0.05) is 23.7 Å². The molecule has 1 aromatic carbocycles. The highest BCUT2D eigenvalue weighted by atomic mass is 35.5. The van der Waals surface area contributed by atoms with Crippen molar-refractivity contribution in [3.05, 3.63) is 59.3 Å². The first-order valence-corrected chi connectivity index (χ1v) is 7.98. The van der Waals surface area contributed by atoms with Crippen LogP contribution in [0.1, 0.15) is 12.0 Å².